The van der Waals surface area contributed by atoms with Crippen LogP contribution in [0.5, 0.6) is 0 Å². The summed E-state index contributed by atoms with van der Waals surface area (Å²) in [5, 5.41) is 16.9. The van der Waals surface area contributed by atoms with Gasteiger partial charge in [-0.1, -0.05) is 0 Å². The number of aryl methyl sites for hydroxylation is 1. The maximum absolute atomic E-state index is 9.55. The van der Waals surface area contributed by atoms with E-state index < -0.39 is 11.9 Å². The third-order valence-electron chi connectivity index (χ3n) is 7.33. The van der Waals surface area contributed by atoms with Crippen LogP contribution in [0.15, 0.2) is 18.2 Å². The molecule has 5 rings (SSSR count). The van der Waals surface area contributed by atoms with Gasteiger partial charge in [0, 0.05) is 83.3 Å². The van der Waals surface area contributed by atoms with E-state index in [0.29, 0.717) is 12.2 Å². The Labute approximate surface area is 218 Å². The number of nitrogens with zero attached hydrogens (tertiary/aromatic N) is 7. The second-order valence-corrected chi connectivity index (χ2v) is 10.1. The summed E-state index contributed by atoms with van der Waals surface area (Å²) in [5.74, 6) is -0.411. The van der Waals surface area contributed by atoms with E-state index in [4.69, 9.17) is 20.2 Å². The summed E-state index contributed by atoms with van der Waals surface area (Å²) in [6, 6.07) is 2.32. The SMILES string of the molecule is Cc1cc2c(N3CCCC3)nc(N3CCCC3)nc2n1CCN1CCN(C)CC1.O=C(O)/C=C\C(=O)O. The fourth-order valence-corrected chi connectivity index (χ4v) is 5.19. The number of aromatic nitrogens is 3. The van der Waals surface area contributed by atoms with Gasteiger partial charge in [0.1, 0.15) is 11.5 Å². The largest absolute Gasteiger partial charge is 0.478 e. The van der Waals surface area contributed by atoms with Gasteiger partial charge >= 0.3 is 11.9 Å². The molecule has 3 aliphatic rings. The number of aliphatic carboxylic acids is 2. The molecule has 0 aliphatic carbocycles. The smallest absolute Gasteiger partial charge is 0.328 e. The second kappa shape index (κ2) is 12.4. The number of carboxylic acids is 2. The molecule has 0 spiro atoms. The van der Waals surface area contributed by atoms with Gasteiger partial charge in [0.05, 0.1) is 5.39 Å². The van der Waals surface area contributed by atoms with E-state index in [2.05, 4.69) is 44.2 Å². The van der Waals surface area contributed by atoms with Crippen LogP contribution in [-0.4, -0.2) is 112 Å². The summed E-state index contributed by atoms with van der Waals surface area (Å²) in [4.78, 5) is 39.2. The predicted octanol–water partition coefficient (Wildman–Crippen LogP) is 1.90. The Kier molecular flexibility index (Phi) is 8.99. The van der Waals surface area contributed by atoms with Crippen molar-refractivity contribution in [1.29, 1.82) is 0 Å². The zero-order valence-electron chi connectivity index (χ0n) is 22.0. The lowest BCUT2D eigenvalue weighted by atomic mass is 10.3. The Morgan fingerprint density at radius 2 is 1.41 bits per heavy atom. The van der Waals surface area contributed by atoms with Crippen LogP contribution in [0, 0.1) is 6.92 Å². The number of hydrogen-bond acceptors (Lipinski definition) is 8. The Morgan fingerprint density at radius 1 is 0.838 bits per heavy atom. The quantitative estimate of drug-likeness (QED) is 0.532. The van der Waals surface area contributed by atoms with Crippen LogP contribution in [0.25, 0.3) is 11.0 Å². The van der Waals surface area contributed by atoms with Gasteiger partial charge in [-0.2, -0.15) is 9.97 Å². The van der Waals surface area contributed by atoms with Crippen LogP contribution in [0.1, 0.15) is 31.4 Å². The summed E-state index contributed by atoms with van der Waals surface area (Å²) in [5.41, 5.74) is 2.44. The average Bonchev–Trinajstić information content (AvgIpc) is 3.64. The van der Waals surface area contributed by atoms with Crippen molar-refractivity contribution in [2.45, 2.75) is 39.2 Å². The molecule has 37 heavy (non-hydrogen) atoms. The van der Waals surface area contributed by atoms with Crippen LogP contribution in [0.2, 0.25) is 0 Å². The standard InChI is InChI=1S/C22H35N7.C4H4O4/c1-18-17-19-20(27-7-3-4-8-27)23-22(28-9-5-6-10-28)24-21(19)29(18)16-15-26-13-11-25(2)12-14-26;5-3(6)1-2-4(7)8/h17H,3-16H2,1-2H3;1-2H,(H,5,6)(H,7,8)/b;2-1-. The number of anilines is 2. The highest BCUT2D eigenvalue weighted by Crippen LogP contribution is 2.32. The Hall–Kier alpha value is -3.18. The minimum absolute atomic E-state index is 0.558. The maximum Gasteiger partial charge on any atom is 0.328 e. The molecule has 3 aliphatic heterocycles. The number of carbonyl (C=O) groups is 2. The van der Waals surface area contributed by atoms with E-state index in [1.165, 1.54) is 62.9 Å². The molecule has 11 heteroatoms. The number of likely N-dealkylation sites (N-methyl/N-ethyl adjacent to an activating group) is 1. The first-order valence-electron chi connectivity index (χ1n) is 13.2. The van der Waals surface area contributed by atoms with Crippen LogP contribution in [0.4, 0.5) is 11.8 Å². The van der Waals surface area contributed by atoms with E-state index in [1.54, 1.807) is 0 Å². The molecule has 0 amide bonds. The average molecular weight is 514 g/mol. The molecule has 5 heterocycles. The molecule has 11 nitrogen and oxygen atoms in total. The van der Waals surface area contributed by atoms with Gasteiger partial charge in [-0.15, -0.1) is 0 Å². The first-order chi connectivity index (χ1) is 17.8. The van der Waals surface area contributed by atoms with Gasteiger partial charge in [-0.05, 0) is 45.7 Å². The van der Waals surface area contributed by atoms with E-state index in [0.717, 1.165) is 56.7 Å². The van der Waals surface area contributed by atoms with Crippen molar-refractivity contribution >= 4 is 34.7 Å². The molecule has 2 N–H and O–H groups in total. The molecule has 202 valence electrons. The van der Waals surface area contributed by atoms with Crippen molar-refractivity contribution in [2.24, 2.45) is 0 Å². The monoisotopic (exact) mass is 513 g/mol. The van der Waals surface area contributed by atoms with Gasteiger partial charge in [0.25, 0.3) is 0 Å². The lowest BCUT2D eigenvalue weighted by Crippen LogP contribution is -2.45. The number of piperazine rings is 1. The lowest BCUT2D eigenvalue weighted by molar-refractivity contribution is -0.134. The van der Waals surface area contributed by atoms with E-state index >= 15 is 0 Å². The van der Waals surface area contributed by atoms with Crippen molar-refractivity contribution in [3.63, 3.8) is 0 Å². The van der Waals surface area contributed by atoms with Crippen LogP contribution < -0.4 is 9.80 Å². The highest BCUT2D eigenvalue weighted by Gasteiger charge is 2.24. The van der Waals surface area contributed by atoms with Crippen molar-refractivity contribution < 1.29 is 19.8 Å². The van der Waals surface area contributed by atoms with E-state index in [1.807, 2.05) is 0 Å². The Bertz CT molecular complexity index is 1100. The number of rotatable bonds is 7. The predicted molar refractivity (Wildman–Crippen MR) is 144 cm³/mol. The third-order valence-corrected chi connectivity index (χ3v) is 7.33. The first kappa shape index (κ1) is 26.9. The van der Waals surface area contributed by atoms with Gasteiger partial charge in [0.2, 0.25) is 5.95 Å². The number of fused-ring (bicyclic) bond motifs is 1. The molecule has 0 saturated carbocycles. The normalized spacial score (nSPS) is 19.1. The zero-order valence-corrected chi connectivity index (χ0v) is 22.0. The molecule has 0 unspecified atom stereocenters. The highest BCUT2D eigenvalue weighted by atomic mass is 16.4. The zero-order chi connectivity index (χ0) is 26.4. The molecule has 3 fully saturated rings. The lowest BCUT2D eigenvalue weighted by Gasteiger charge is -2.32. The maximum atomic E-state index is 9.55. The van der Waals surface area contributed by atoms with Gasteiger partial charge in [-0.3, -0.25) is 4.90 Å². The number of carboxylic acid groups (broad SMARTS) is 2. The Morgan fingerprint density at radius 3 is 1.97 bits per heavy atom. The van der Waals surface area contributed by atoms with E-state index in [9.17, 15) is 9.59 Å². The molecular weight excluding hydrogens is 474 g/mol. The summed E-state index contributed by atoms with van der Waals surface area (Å²) in [7, 11) is 2.22. The van der Waals surface area contributed by atoms with Gasteiger partial charge in [0.15, 0.2) is 0 Å². The molecular formula is C26H39N7O4. The summed E-state index contributed by atoms with van der Waals surface area (Å²) >= 11 is 0. The summed E-state index contributed by atoms with van der Waals surface area (Å²) < 4.78 is 2.44. The fraction of sp³-hybridized carbons (Fsp3) is 0.615. The van der Waals surface area contributed by atoms with Crippen LogP contribution >= 0.6 is 0 Å². The van der Waals surface area contributed by atoms with E-state index in [-0.39, 0.29) is 0 Å². The van der Waals surface area contributed by atoms with Crippen molar-refractivity contribution in [3.05, 3.63) is 23.9 Å². The molecule has 0 bridgehead atoms. The Balaban J connectivity index is 0.000000349. The molecule has 2 aromatic rings. The molecule has 3 saturated heterocycles. The van der Waals surface area contributed by atoms with Crippen LogP contribution in [0.3, 0.4) is 0 Å². The second-order valence-electron chi connectivity index (χ2n) is 10.1. The minimum atomic E-state index is -1.26. The topological polar surface area (TPSA) is 118 Å². The van der Waals surface area contributed by atoms with Crippen molar-refractivity contribution in [2.75, 3.05) is 75.8 Å². The van der Waals surface area contributed by atoms with Crippen molar-refractivity contribution in [1.82, 2.24) is 24.3 Å². The fourth-order valence-electron chi connectivity index (χ4n) is 5.19. The first-order valence-corrected chi connectivity index (χ1v) is 13.2. The molecule has 0 atom stereocenters. The summed E-state index contributed by atoms with van der Waals surface area (Å²) in [6.45, 7) is 13.4. The highest BCUT2D eigenvalue weighted by molar-refractivity contribution is 5.90. The molecule has 2 aromatic heterocycles. The molecule has 0 radical (unpaired) electrons. The number of hydrogen-bond donors (Lipinski definition) is 2. The third kappa shape index (κ3) is 6.98. The minimum Gasteiger partial charge on any atom is -0.478 e. The molecule has 0 aromatic carbocycles. The van der Waals surface area contributed by atoms with Gasteiger partial charge < -0.3 is 29.5 Å². The van der Waals surface area contributed by atoms with Gasteiger partial charge in [-0.25, -0.2) is 9.59 Å². The summed E-state index contributed by atoms with van der Waals surface area (Å²) in [6.07, 6.45) is 6.17. The van der Waals surface area contributed by atoms with Crippen LogP contribution in [-0.2, 0) is 16.1 Å². The van der Waals surface area contributed by atoms with Crippen molar-refractivity contribution in [3.8, 4) is 0 Å².